The second-order valence-corrected chi connectivity index (χ2v) is 6.53. The largest absolute Gasteiger partial charge is 0.454 e. The van der Waals surface area contributed by atoms with Crippen molar-refractivity contribution in [3.05, 3.63) is 27.2 Å². The fourth-order valence-corrected chi connectivity index (χ4v) is 1.91. The topological polar surface area (TPSA) is 55.4 Å². The number of benzene rings is 1. The first-order valence-corrected chi connectivity index (χ1v) is 7.09. The molecule has 0 saturated heterocycles. The average Bonchev–Trinajstić information content (AvgIpc) is 2.29. The zero-order chi connectivity index (χ0) is 17.3. The number of carbonyl (C=O) groups is 2. The van der Waals surface area contributed by atoms with E-state index in [2.05, 4.69) is 21.2 Å². The molecule has 0 aliphatic rings. The lowest BCUT2D eigenvalue weighted by Crippen LogP contribution is -2.29. The van der Waals surface area contributed by atoms with E-state index in [1.54, 1.807) is 20.8 Å². The van der Waals surface area contributed by atoms with Crippen LogP contribution in [-0.4, -0.2) is 23.7 Å². The number of alkyl halides is 3. The first-order chi connectivity index (χ1) is 9.81. The van der Waals surface area contributed by atoms with E-state index in [0.717, 1.165) is 12.1 Å². The molecule has 0 atom stereocenters. The summed E-state index contributed by atoms with van der Waals surface area (Å²) < 4.78 is 43.0. The first-order valence-electron chi connectivity index (χ1n) is 5.92. The van der Waals surface area contributed by atoms with Gasteiger partial charge in [0.25, 0.3) is 5.78 Å². The van der Waals surface area contributed by atoms with E-state index in [4.69, 9.17) is 16.3 Å². The summed E-state index contributed by atoms with van der Waals surface area (Å²) in [6.07, 6.45) is -6.08. The molecule has 1 aromatic carbocycles. The van der Waals surface area contributed by atoms with Crippen molar-refractivity contribution in [1.29, 1.82) is 0 Å². The smallest absolute Gasteiger partial charge is 0.444 e. The van der Waals surface area contributed by atoms with E-state index in [0.29, 0.717) is 0 Å². The molecule has 1 amide bonds. The summed E-state index contributed by atoms with van der Waals surface area (Å²) in [5.74, 6) is -2.12. The molecule has 0 fully saturated rings. The Morgan fingerprint density at radius 1 is 1.23 bits per heavy atom. The Hall–Kier alpha value is -1.28. The van der Waals surface area contributed by atoms with Gasteiger partial charge in [0.2, 0.25) is 0 Å². The Labute approximate surface area is 138 Å². The van der Waals surface area contributed by atoms with Gasteiger partial charge >= 0.3 is 12.3 Å². The minimum absolute atomic E-state index is 0.0951. The fraction of sp³-hybridized carbons (Fsp3) is 0.385. The summed E-state index contributed by atoms with van der Waals surface area (Å²) in [7, 11) is 0. The Bertz CT molecular complexity index is 612. The Morgan fingerprint density at radius 3 is 2.23 bits per heavy atom. The number of hydrogen-bond donors (Lipinski definition) is 1. The number of ether oxygens (including phenoxy) is 1. The number of nitrogens with one attached hydrogen (secondary N) is 1. The van der Waals surface area contributed by atoms with Gasteiger partial charge in [-0.05, 0) is 48.8 Å². The molecule has 0 unspecified atom stereocenters. The van der Waals surface area contributed by atoms with Crippen LogP contribution in [0.3, 0.4) is 0 Å². The highest BCUT2D eigenvalue weighted by Crippen LogP contribution is 2.33. The van der Waals surface area contributed by atoms with Gasteiger partial charge in [-0.1, -0.05) is 11.6 Å². The van der Waals surface area contributed by atoms with E-state index < -0.39 is 29.2 Å². The van der Waals surface area contributed by atoms with Crippen LogP contribution in [0, 0.1) is 0 Å². The van der Waals surface area contributed by atoms with Crippen LogP contribution in [-0.2, 0) is 4.74 Å². The van der Waals surface area contributed by atoms with Crippen molar-refractivity contribution in [3.63, 3.8) is 0 Å². The predicted octanol–water partition coefficient (Wildman–Crippen LogP) is 5.19. The van der Waals surface area contributed by atoms with E-state index in [9.17, 15) is 22.8 Å². The number of carbonyl (C=O) groups excluding carboxylic acids is 2. The van der Waals surface area contributed by atoms with Crippen LogP contribution >= 0.6 is 27.5 Å². The Morgan fingerprint density at radius 2 is 1.77 bits per heavy atom. The number of anilines is 1. The predicted molar refractivity (Wildman–Crippen MR) is 79.4 cm³/mol. The number of Topliss-reactive ketones (excluding diaryl/α,β-unsaturated/α-hetero) is 1. The molecule has 0 aromatic heterocycles. The fourth-order valence-electron chi connectivity index (χ4n) is 1.40. The van der Waals surface area contributed by atoms with Crippen molar-refractivity contribution < 1.29 is 27.5 Å². The van der Waals surface area contributed by atoms with E-state index in [1.165, 1.54) is 0 Å². The molecule has 0 radical (unpaired) electrons. The van der Waals surface area contributed by atoms with Gasteiger partial charge in [0.15, 0.2) is 0 Å². The third-order valence-electron chi connectivity index (χ3n) is 2.20. The molecule has 9 heteroatoms. The van der Waals surface area contributed by atoms with Crippen molar-refractivity contribution >= 4 is 45.1 Å². The molecule has 22 heavy (non-hydrogen) atoms. The number of amides is 1. The van der Waals surface area contributed by atoms with Crippen LogP contribution in [0.25, 0.3) is 0 Å². The van der Waals surface area contributed by atoms with E-state index in [1.807, 2.05) is 0 Å². The lowest BCUT2D eigenvalue weighted by Gasteiger charge is -2.20. The van der Waals surface area contributed by atoms with Gasteiger partial charge in [-0.15, -0.1) is 0 Å². The van der Waals surface area contributed by atoms with Crippen LogP contribution < -0.4 is 5.32 Å². The lowest BCUT2D eigenvalue weighted by atomic mass is 10.1. The van der Waals surface area contributed by atoms with Crippen LogP contribution in [0.4, 0.5) is 23.7 Å². The summed E-state index contributed by atoms with van der Waals surface area (Å²) >= 11 is 8.73. The standard InChI is InChI=1S/C13H12BrClF3NO3/c1-12(2,3)22-11(21)19-9-5-7(14)8(15)4-6(9)10(20)13(16,17)18/h4-5H,1-3H3,(H,19,21). The maximum Gasteiger partial charge on any atom is 0.454 e. The van der Waals surface area contributed by atoms with Gasteiger partial charge < -0.3 is 4.74 Å². The summed E-state index contributed by atoms with van der Waals surface area (Å²) in [5, 5.41) is 2.02. The van der Waals surface area contributed by atoms with Gasteiger partial charge in [-0.3, -0.25) is 10.1 Å². The molecule has 122 valence electrons. The van der Waals surface area contributed by atoms with E-state index in [-0.39, 0.29) is 15.2 Å². The highest BCUT2D eigenvalue weighted by atomic mass is 79.9. The van der Waals surface area contributed by atoms with Crippen molar-refractivity contribution in [2.24, 2.45) is 0 Å². The van der Waals surface area contributed by atoms with Crippen LogP contribution in [0.1, 0.15) is 31.1 Å². The summed E-state index contributed by atoms with van der Waals surface area (Å²) in [5.41, 5.74) is -1.97. The Balaban J connectivity index is 3.21. The molecule has 0 heterocycles. The first kappa shape index (κ1) is 18.8. The monoisotopic (exact) mass is 401 g/mol. The maximum atomic E-state index is 12.6. The third-order valence-corrected chi connectivity index (χ3v) is 3.40. The van der Waals surface area contributed by atoms with E-state index >= 15 is 0 Å². The SMILES string of the molecule is CC(C)(C)OC(=O)Nc1cc(Br)c(Cl)cc1C(=O)C(F)(F)F. The molecule has 1 aromatic rings. The second kappa shape index (κ2) is 6.45. The molecule has 0 spiro atoms. The quantitative estimate of drug-likeness (QED) is 0.692. The van der Waals surface area contributed by atoms with Crippen LogP contribution in [0.2, 0.25) is 5.02 Å². The third kappa shape index (κ3) is 5.17. The average molecular weight is 403 g/mol. The Kier molecular flexibility index (Phi) is 5.51. The van der Waals surface area contributed by atoms with Gasteiger partial charge in [-0.25, -0.2) is 4.79 Å². The molecule has 4 nitrogen and oxygen atoms in total. The lowest BCUT2D eigenvalue weighted by molar-refractivity contribution is -0.0884. The molecule has 0 bridgehead atoms. The maximum absolute atomic E-state index is 12.6. The highest BCUT2D eigenvalue weighted by molar-refractivity contribution is 9.10. The van der Waals surface area contributed by atoms with Crippen molar-refractivity contribution in [3.8, 4) is 0 Å². The number of halogens is 5. The van der Waals surface area contributed by atoms with Crippen molar-refractivity contribution in [1.82, 2.24) is 0 Å². The molecule has 1 rings (SSSR count). The second-order valence-electron chi connectivity index (χ2n) is 5.27. The zero-order valence-corrected chi connectivity index (χ0v) is 14.1. The number of rotatable bonds is 2. The summed E-state index contributed by atoms with van der Waals surface area (Å²) in [6.45, 7) is 4.77. The highest BCUT2D eigenvalue weighted by Gasteiger charge is 2.41. The molecular weight excluding hydrogens is 390 g/mol. The molecule has 0 saturated carbocycles. The minimum Gasteiger partial charge on any atom is -0.444 e. The minimum atomic E-state index is -5.10. The normalized spacial score (nSPS) is 12.0. The zero-order valence-electron chi connectivity index (χ0n) is 11.8. The number of ketones is 1. The summed E-state index contributed by atoms with van der Waals surface area (Å²) in [4.78, 5) is 23.1. The molecule has 1 N–H and O–H groups in total. The van der Waals surface area contributed by atoms with Gasteiger partial charge in [0.1, 0.15) is 5.60 Å². The van der Waals surface area contributed by atoms with Crippen LogP contribution in [0.15, 0.2) is 16.6 Å². The van der Waals surface area contributed by atoms with Gasteiger partial charge in [-0.2, -0.15) is 13.2 Å². The van der Waals surface area contributed by atoms with Crippen LogP contribution in [0.5, 0.6) is 0 Å². The molecule has 0 aliphatic heterocycles. The van der Waals surface area contributed by atoms with Gasteiger partial charge in [0, 0.05) is 4.47 Å². The molecule has 0 aliphatic carbocycles. The van der Waals surface area contributed by atoms with Gasteiger partial charge in [0.05, 0.1) is 16.3 Å². The van der Waals surface area contributed by atoms with Crippen molar-refractivity contribution in [2.75, 3.05) is 5.32 Å². The van der Waals surface area contributed by atoms with Crippen molar-refractivity contribution in [2.45, 2.75) is 32.5 Å². The number of hydrogen-bond acceptors (Lipinski definition) is 3. The molecular formula is C13H12BrClF3NO3. The summed E-state index contributed by atoms with van der Waals surface area (Å²) in [6, 6.07) is 1.93.